The van der Waals surface area contributed by atoms with Crippen molar-refractivity contribution in [3.63, 3.8) is 0 Å². The van der Waals surface area contributed by atoms with Gasteiger partial charge in [-0.15, -0.1) is 0 Å². The molecule has 0 spiro atoms. The Bertz CT molecular complexity index is 534. The number of hydrogen-bond acceptors (Lipinski definition) is 1. The van der Waals surface area contributed by atoms with Crippen molar-refractivity contribution in [1.29, 1.82) is 0 Å². The van der Waals surface area contributed by atoms with E-state index in [0.29, 0.717) is 0 Å². The van der Waals surface area contributed by atoms with Gasteiger partial charge in [-0.25, -0.2) is 0 Å². The molecule has 0 saturated heterocycles. The number of rotatable bonds is 3. The van der Waals surface area contributed by atoms with E-state index in [1.54, 1.807) is 0 Å². The molecule has 2 rings (SSSR count). The van der Waals surface area contributed by atoms with E-state index in [1.807, 2.05) is 68.4 Å². The van der Waals surface area contributed by atoms with Gasteiger partial charge in [0.15, 0.2) is 0 Å². The van der Waals surface area contributed by atoms with Crippen LogP contribution in [-0.4, -0.2) is 5.91 Å². The van der Waals surface area contributed by atoms with E-state index in [1.165, 1.54) is 0 Å². The second kappa shape index (κ2) is 5.50. The molecule has 2 aromatic carbocycles. The third-order valence-corrected chi connectivity index (χ3v) is 2.98. The standard InChI is InChI=1S/C16H17NO/c1-12-7-6-10-15(11-12)17-16(18)13(2)14-8-4-3-5-9-14/h3-11,13H,1-2H3,(H,17,18)/t13-/m1/s1. The monoisotopic (exact) mass is 239 g/mol. The third-order valence-electron chi connectivity index (χ3n) is 2.98. The van der Waals surface area contributed by atoms with Gasteiger partial charge < -0.3 is 5.32 Å². The predicted octanol–water partition coefficient (Wildman–Crippen LogP) is 3.74. The Hall–Kier alpha value is -2.09. The lowest BCUT2D eigenvalue weighted by atomic mass is 10.0. The smallest absolute Gasteiger partial charge is 0.231 e. The van der Waals surface area contributed by atoms with Crippen molar-refractivity contribution in [2.45, 2.75) is 19.8 Å². The first kappa shape index (κ1) is 12.4. The predicted molar refractivity (Wildman–Crippen MR) is 74.7 cm³/mol. The summed E-state index contributed by atoms with van der Waals surface area (Å²) in [6.07, 6.45) is 0. The minimum atomic E-state index is -0.147. The summed E-state index contributed by atoms with van der Waals surface area (Å²) in [6.45, 7) is 3.93. The van der Waals surface area contributed by atoms with Crippen LogP contribution in [-0.2, 0) is 4.79 Å². The van der Waals surface area contributed by atoms with Crippen LogP contribution < -0.4 is 5.32 Å². The lowest BCUT2D eigenvalue weighted by Crippen LogP contribution is -2.18. The SMILES string of the molecule is Cc1cccc(NC(=O)[C@H](C)c2ccccc2)c1. The topological polar surface area (TPSA) is 29.1 Å². The Balaban J connectivity index is 2.09. The van der Waals surface area contributed by atoms with Crippen LogP contribution in [0.4, 0.5) is 5.69 Å². The Morgan fingerprint density at radius 3 is 2.44 bits per heavy atom. The molecule has 92 valence electrons. The number of anilines is 1. The summed E-state index contributed by atoms with van der Waals surface area (Å²) >= 11 is 0. The molecule has 2 nitrogen and oxygen atoms in total. The van der Waals surface area contributed by atoms with E-state index in [0.717, 1.165) is 16.8 Å². The van der Waals surface area contributed by atoms with E-state index >= 15 is 0 Å². The van der Waals surface area contributed by atoms with Crippen molar-refractivity contribution in [3.8, 4) is 0 Å². The van der Waals surface area contributed by atoms with Gasteiger partial charge >= 0.3 is 0 Å². The summed E-state index contributed by atoms with van der Waals surface area (Å²) in [4.78, 5) is 12.1. The molecule has 0 aliphatic rings. The molecule has 1 N–H and O–H groups in total. The Labute approximate surface area is 108 Å². The molecule has 2 aromatic rings. The van der Waals surface area contributed by atoms with Gasteiger partial charge in [0.2, 0.25) is 5.91 Å². The number of carbonyl (C=O) groups excluding carboxylic acids is 1. The maximum Gasteiger partial charge on any atom is 0.231 e. The highest BCUT2D eigenvalue weighted by molar-refractivity contribution is 5.95. The van der Waals surface area contributed by atoms with Crippen LogP contribution >= 0.6 is 0 Å². The van der Waals surface area contributed by atoms with Crippen molar-refractivity contribution in [2.24, 2.45) is 0 Å². The molecular weight excluding hydrogens is 222 g/mol. The minimum Gasteiger partial charge on any atom is -0.326 e. The van der Waals surface area contributed by atoms with Crippen LogP contribution in [0, 0.1) is 6.92 Å². The van der Waals surface area contributed by atoms with Crippen molar-refractivity contribution >= 4 is 11.6 Å². The molecule has 18 heavy (non-hydrogen) atoms. The molecule has 0 bridgehead atoms. The second-order valence-corrected chi connectivity index (χ2v) is 4.49. The number of aryl methyl sites for hydroxylation is 1. The van der Waals surface area contributed by atoms with Crippen LogP contribution in [0.15, 0.2) is 54.6 Å². The average molecular weight is 239 g/mol. The van der Waals surface area contributed by atoms with E-state index in [2.05, 4.69) is 5.32 Å². The summed E-state index contributed by atoms with van der Waals surface area (Å²) in [5.74, 6) is -0.126. The fraction of sp³-hybridized carbons (Fsp3) is 0.188. The second-order valence-electron chi connectivity index (χ2n) is 4.49. The number of amides is 1. The summed E-state index contributed by atoms with van der Waals surface area (Å²) in [5.41, 5.74) is 3.02. The van der Waals surface area contributed by atoms with Crippen LogP contribution in [0.3, 0.4) is 0 Å². The van der Waals surface area contributed by atoms with Crippen molar-refractivity contribution in [2.75, 3.05) is 5.32 Å². The molecule has 2 heteroatoms. The Morgan fingerprint density at radius 1 is 1.06 bits per heavy atom. The number of hydrogen-bond donors (Lipinski definition) is 1. The number of carbonyl (C=O) groups is 1. The van der Waals surface area contributed by atoms with E-state index in [4.69, 9.17) is 0 Å². The molecule has 0 aliphatic carbocycles. The summed E-state index contributed by atoms with van der Waals surface area (Å²) in [6, 6.07) is 17.6. The highest BCUT2D eigenvalue weighted by Gasteiger charge is 2.14. The fourth-order valence-corrected chi connectivity index (χ4v) is 1.87. The zero-order valence-electron chi connectivity index (χ0n) is 10.7. The first-order valence-electron chi connectivity index (χ1n) is 6.09. The Kier molecular flexibility index (Phi) is 3.78. The summed E-state index contributed by atoms with van der Waals surface area (Å²) in [5, 5.41) is 2.94. The average Bonchev–Trinajstić information content (AvgIpc) is 2.39. The zero-order valence-corrected chi connectivity index (χ0v) is 10.7. The molecule has 0 aromatic heterocycles. The highest BCUT2D eigenvalue weighted by atomic mass is 16.1. The summed E-state index contributed by atoms with van der Waals surface area (Å²) < 4.78 is 0. The van der Waals surface area contributed by atoms with Crippen molar-refractivity contribution < 1.29 is 4.79 Å². The van der Waals surface area contributed by atoms with Gasteiger partial charge in [-0.2, -0.15) is 0 Å². The maximum atomic E-state index is 12.1. The van der Waals surface area contributed by atoms with Gasteiger partial charge in [-0.1, -0.05) is 42.5 Å². The molecule has 0 heterocycles. The van der Waals surface area contributed by atoms with Crippen molar-refractivity contribution in [3.05, 3.63) is 65.7 Å². The van der Waals surface area contributed by atoms with Gasteiger partial charge in [-0.3, -0.25) is 4.79 Å². The zero-order chi connectivity index (χ0) is 13.0. The number of nitrogens with one attached hydrogen (secondary N) is 1. The molecule has 0 unspecified atom stereocenters. The van der Waals surface area contributed by atoms with E-state index < -0.39 is 0 Å². The normalized spacial score (nSPS) is 11.9. The molecule has 1 atom stereocenters. The molecular formula is C16H17NO. The van der Waals surface area contributed by atoms with Crippen LogP contribution in [0.1, 0.15) is 24.0 Å². The Morgan fingerprint density at radius 2 is 1.78 bits per heavy atom. The van der Waals surface area contributed by atoms with Gasteiger partial charge in [0.1, 0.15) is 0 Å². The van der Waals surface area contributed by atoms with Crippen molar-refractivity contribution in [1.82, 2.24) is 0 Å². The number of benzene rings is 2. The molecule has 0 radical (unpaired) electrons. The van der Waals surface area contributed by atoms with Gasteiger partial charge in [-0.05, 0) is 37.1 Å². The first-order valence-corrected chi connectivity index (χ1v) is 6.09. The quantitative estimate of drug-likeness (QED) is 0.868. The molecule has 0 fully saturated rings. The fourth-order valence-electron chi connectivity index (χ4n) is 1.87. The van der Waals surface area contributed by atoms with Crippen LogP contribution in [0.25, 0.3) is 0 Å². The van der Waals surface area contributed by atoms with Crippen LogP contribution in [0.5, 0.6) is 0 Å². The van der Waals surface area contributed by atoms with E-state index in [9.17, 15) is 4.79 Å². The van der Waals surface area contributed by atoms with Gasteiger partial charge in [0.25, 0.3) is 0 Å². The summed E-state index contributed by atoms with van der Waals surface area (Å²) in [7, 11) is 0. The first-order chi connectivity index (χ1) is 8.66. The van der Waals surface area contributed by atoms with Gasteiger partial charge in [0, 0.05) is 5.69 Å². The lowest BCUT2D eigenvalue weighted by molar-refractivity contribution is -0.117. The van der Waals surface area contributed by atoms with E-state index in [-0.39, 0.29) is 11.8 Å². The molecule has 0 aliphatic heterocycles. The largest absolute Gasteiger partial charge is 0.326 e. The molecule has 0 saturated carbocycles. The van der Waals surface area contributed by atoms with Crippen LogP contribution in [0.2, 0.25) is 0 Å². The third kappa shape index (κ3) is 2.98. The minimum absolute atomic E-state index is 0.0202. The molecule has 1 amide bonds. The van der Waals surface area contributed by atoms with Gasteiger partial charge in [0.05, 0.1) is 5.92 Å². The highest BCUT2D eigenvalue weighted by Crippen LogP contribution is 2.18. The maximum absolute atomic E-state index is 12.1. The lowest BCUT2D eigenvalue weighted by Gasteiger charge is -2.12.